The average Bonchev–Trinajstić information content (AvgIpc) is 2.15. The third kappa shape index (κ3) is 2.46. The second kappa shape index (κ2) is 4.31. The van der Waals surface area contributed by atoms with Crippen molar-refractivity contribution in [2.24, 2.45) is 0 Å². The predicted molar refractivity (Wildman–Crippen MR) is 51.7 cm³/mol. The first-order valence-electron chi connectivity index (χ1n) is 3.92. The lowest BCUT2D eigenvalue weighted by molar-refractivity contribution is 0.150. The number of hydrogen-bond donors (Lipinski definition) is 0. The van der Waals surface area contributed by atoms with Crippen LogP contribution in [0.4, 0.5) is 8.78 Å². The van der Waals surface area contributed by atoms with Crippen LogP contribution in [-0.4, -0.2) is 13.4 Å². The SMILES string of the molecule is Cc1c(C(F)F)cc(S(=O)(=O)Cl)nc1C#N. The van der Waals surface area contributed by atoms with Crippen molar-refractivity contribution in [3.05, 3.63) is 22.9 Å². The summed E-state index contributed by atoms with van der Waals surface area (Å²) in [5.41, 5.74) is -0.996. The molecular weight excluding hydrogens is 262 g/mol. The summed E-state index contributed by atoms with van der Waals surface area (Å²) in [7, 11) is 0.740. The lowest BCUT2D eigenvalue weighted by Gasteiger charge is -2.07. The van der Waals surface area contributed by atoms with E-state index in [1.807, 2.05) is 0 Å². The number of halogens is 3. The highest BCUT2D eigenvalue weighted by Crippen LogP contribution is 2.27. The van der Waals surface area contributed by atoms with E-state index in [9.17, 15) is 17.2 Å². The molecular formula is C8H5ClF2N2O2S. The fourth-order valence-corrected chi connectivity index (χ4v) is 1.77. The molecule has 0 aromatic carbocycles. The molecule has 0 amide bonds. The number of pyridine rings is 1. The van der Waals surface area contributed by atoms with Gasteiger partial charge in [-0.05, 0) is 18.6 Å². The molecule has 16 heavy (non-hydrogen) atoms. The summed E-state index contributed by atoms with van der Waals surface area (Å²) in [5.74, 6) is 0. The number of alkyl halides is 2. The molecule has 1 rings (SSSR count). The first-order chi connectivity index (χ1) is 7.27. The molecule has 0 spiro atoms. The molecule has 0 aliphatic heterocycles. The van der Waals surface area contributed by atoms with Crippen molar-refractivity contribution in [3.63, 3.8) is 0 Å². The molecule has 1 aromatic heterocycles. The first kappa shape index (κ1) is 12.8. The van der Waals surface area contributed by atoms with Gasteiger partial charge in [0.05, 0.1) is 0 Å². The lowest BCUT2D eigenvalue weighted by atomic mass is 10.1. The topological polar surface area (TPSA) is 70.8 Å². The van der Waals surface area contributed by atoms with Crippen molar-refractivity contribution in [1.82, 2.24) is 4.98 Å². The number of hydrogen-bond acceptors (Lipinski definition) is 4. The van der Waals surface area contributed by atoms with Crippen LogP contribution in [-0.2, 0) is 9.05 Å². The molecule has 0 aliphatic carbocycles. The van der Waals surface area contributed by atoms with Crippen LogP contribution in [0.5, 0.6) is 0 Å². The zero-order valence-corrected chi connectivity index (χ0v) is 9.48. The van der Waals surface area contributed by atoms with Gasteiger partial charge < -0.3 is 0 Å². The average molecular weight is 267 g/mol. The van der Waals surface area contributed by atoms with Crippen molar-refractivity contribution in [1.29, 1.82) is 5.26 Å². The van der Waals surface area contributed by atoms with Gasteiger partial charge in [0.2, 0.25) is 0 Å². The molecule has 0 saturated carbocycles. The van der Waals surface area contributed by atoms with Crippen molar-refractivity contribution in [2.75, 3.05) is 0 Å². The van der Waals surface area contributed by atoms with Crippen LogP contribution in [0.2, 0.25) is 0 Å². The summed E-state index contributed by atoms with van der Waals surface area (Å²) in [6.07, 6.45) is -2.90. The standard InChI is InChI=1S/C8H5ClF2N2O2S/c1-4-5(8(10)11)2-7(16(9,14)15)13-6(4)3-12/h2,8H,1H3. The maximum Gasteiger partial charge on any atom is 0.278 e. The van der Waals surface area contributed by atoms with Crippen molar-refractivity contribution >= 4 is 19.7 Å². The maximum absolute atomic E-state index is 12.5. The van der Waals surface area contributed by atoms with Gasteiger partial charge in [0.25, 0.3) is 15.5 Å². The summed E-state index contributed by atoms with van der Waals surface area (Å²) in [4.78, 5) is 3.39. The fraction of sp³-hybridized carbons (Fsp3) is 0.250. The number of aromatic nitrogens is 1. The molecule has 0 N–H and O–H groups in total. The molecule has 4 nitrogen and oxygen atoms in total. The molecule has 1 heterocycles. The van der Waals surface area contributed by atoms with Crippen molar-refractivity contribution in [3.8, 4) is 6.07 Å². The Bertz CT molecular complexity index is 566. The second-order valence-corrected chi connectivity index (χ2v) is 5.39. The summed E-state index contributed by atoms with van der Waals surface area (Å²) >= 11 is 0. The van der Waals surface area contributed by atoms with Gasteiger partial charge in [-0.2, -0.15) is 5.26 Å². The van der Waals surface area contributed by atoms with Crippen molar-refractivity contribution < 1.29 is 17.2 Å². The van der Waals surface area contributed by atoms with Crippen LogP contribution in [0.1, 0.15) is 23.2 Å². The van der Waals surface area contributed by atoms with Gasteiger partial charge in [0.15, 0.2) is 5.03 Å². The van der Waals surface area contributed by atoms with E-state index in [0.29, 0.717) is 6.07 Å². The van der Waals surface area contributed by atoms with Crippen LogP contribution < -0.4 is 0 Å². The summed E-state index contributed by atoms with van der Waals surface area (Å²) in [5, 5.41) is 7.88. The molecule has 0 bridgehead atoms. The van der Waals surface area contributed by atoms with Crippen molar-refractivity contribution in [2.45, 2.75) is 18.4 Å². The van der Waals surface area contributed by atoms with Gasteiger partial charge in [0, 0.05) is 16.2 Å². The Morgan fingerprint density at radius 2 is 2.12 bits per heavy atom. The van der Waals surface area contributed by atoms with E-state index < -0.39 is 26.1 Å². The quantitative estimate of drug-likeness (QED) is 0.769. The minimum Gasteiger partial charge on any atom is -0.224 e. The summed E-state index contributed by atoms with van der Waals surface area (Å²) < 4.78 is 46.9. The Morgan fingerprint density at radius 3 is 2.50 bits per heavy atom. The third-order valence-corrected chi connectivity index (χ3v) is 3.06. The predicted octanol–water partition coefficient (Wildman–Crippen LogP) is 2.13. The van der Waals surface area contributed by atoms with E-state index in [-0.39, 0.29) is 11.3 Å². The van der Waals surface area contributed by atoms with Gasteiger partial charge in [-0.1, -0.05) is 0 Å². The van der Waals surface area contributed by atoms with Crippen LogP contribution in [0.3, 0.4) is 0 Å². The summed E-state index contributed by atoms with van der Waals surface area (Å²) in [6.45, 7) is 1.26. The largest absolute Gasteiger partial charge is 0.278 e. The number of nitriles is 1. The van der Waals surface area contributed by atoms with E-state index in [4.69, 9.17) is 15.9 Å². The molecule has 0 unspecified atom stereocenters. The molecule has 0 saturated heterocycles. The molecule has 1 aromatic rings. The molecule has 0 fully saturated rings. The fourth-order valence-electron chi connectivity index (χ4n) is 1.06. The maximum atomic E-state index is 12.5. The Labute approximate surface area is 94.9 Å². The highest BCUT2D eigenvalue weighted by atomic mass is 35.7. The summed E-state index contributed by atoms with van der Waals surface area (Å²) in [6, 6.07) is 2.21. The second-order valence-electron chi connectivity index (χ2n) is 2.87. The van der Waals surface area contributed by atoms with Crippen LogP contribution in [0.15, 0.2) is 11.1 Å². The van der Waals surface area contributed by atoms with Crippen LogP contribution in [0.25, 0.3) is 0 Å². The number of nitrogens with zero attached hydrogens (tertiary/aromatic N) is 2. The smallest absolute Gasteiger partial charge is 0.224 e. The molecule has 0 radical (unpaired) electrons. The van der Waals surface area contributed by atoms with Gasteiger partial charge in [-0.15, -0.1) is 0 Å². The Kier molecular flexibility index (Phi) is 3.45. The lowest BCUT2D eigenvalue weighted by Crippen LogP contribution is -2.03. The van der Waals surface area contributed by atoms with E-state index in [1.54, 1.807) is 0 Å². The normalized spacial score (nSPS) is 11.5. The van der Waals surface area contributed by atoms with E-state index in [2.05, 4.69) is 4.98 Å². The van der Waals surface area contributed by atoms with Gasteiger partial charge in [-0.25, -0.2) is 22.2 Å². The van der Waals surface area contributed by atoms with E-state index in [1.165, 1.54) is 13.0 Å². The zero-order valence-electron chi connectivity index (χ0n) is 7.91. The number of rotatable bonds is 2. The minimum atomic E-state index is -4.23. The Hall–Kier alpha value is -1.26. The van der Waals surface area contributed by atoms with Gasteiger partial charge in [-0.3, -0.25) is 0 Å². The van der Waals surface area contributed by atoms with Gasteiger partial charge >= 0.3 is 0 Å². The molecule has 8 heteroatoms. The molecule has 0 aliphatic rings. The highest BCUT2D eigenvalue weighted by Gasteiger charge is 2.21. The first-order valence-corrected chi connectivity index (χ1v) is 6.22. The Balaban J connectivity index is 3.61. The molecule has 0 atom stereocenters. The monoisotopic (exact) mass is 266 g/mol. The highest BCUT2D eigenvalue weighted by molar-refractivity contribution is 8.13. The van der Waals surface area contributed by atoms with Crippen LogP contribution in [0, 0.1) is 18.3 Å². The molecule has 86 valence electrons. The van der Waals surface area contributed by atoms with Crippen LogP contribution >= 0.6 is 10.7 Å². The van der Waals surface area contributed by atoms with E-state index >= 15 is 0 Å². The minimum absolute atomic E-state index is 0.0541. The van der Waals surface area contributed by atoms with E-state index in [0.717, 1.165) is 0 Å². The Morgan fingerprint density at radius 1 is 1.56 bits per heavy atom. The zero-order chi connectivity index (χ0) is 12.5. The van der Waals surface area contributed by atoms with Gasteiger partial charge in [0.1, 0.15) is 11.8 Å². The third-order valence-electron chi connectivity index (χ3n) is 1.88.